The maximum absolute atomic E-state index is 2.62. The highest BCUT2D eigenvalue weighted by Gasteiger charge is 2.46. The number of benzene rings is 9. The first-order valence-electron chi connectivity index (χ1n) is 25.3. The second-order valence-electron chi connectivity index (χ2n) is 24.2. The maximum Gasteiger partial charge on any atom is 0.264 e. The van der Waals surface area contributed by atoms with Gasteiger partial charge < -0.3 is 9.80 Å². The predicted molar refractivity (Wildman–Crippen MR) is 309 cm³/mol. The molecule has 10 aromatic rings. The SMILES string of the molecule is CC(C)(C)c1ccc(N2c3cccc4c3B(c3cc(C(C)(C)C)ccc3N4c3ccc(C(C)(C)C)cc3-c3ccc4c5ccccc5c5ccccc5c4c3)c3sc4ccc(C(C)(C)C)cc4c32)cc1. The third kappa shape index (κ3) is 6.96. The number of rotatable bonds is 3. The van der Waals surface area contributed by atoms with Gasteiger partial charge in [0.1, 0.15) is 0 Å². The molecule has 0 saturated heterocycles. The molecule has 0 N–H and O–H groups in total. The van der Waals surface area contributed by atoms with Crippen LogP contribution in [0.5, 0.6) is 0 Å². The van der Waals surface area contributed by atoms with Crippen LogP contribution in [0.2, 0.25) is 0 Å². The summed E-state index contributed by atoms with van der Waals surface area (Å²) in [6.07, 6.45) is 0. The molecule has 0 atom stereocenters. The summed E-state index contributed by atoms with van der Waals surface area (Å²) in [4.78, 5) is 5.24. The Bertz CT molecular complexity index is 3740. The van der Waals surface area contributed by atoms with Gasteiger partial charge in [-0.15, -0.1) is 11.3 Å². The van der Waals surface area contributed by atoms with E-state index in [1.54, 1.807) is 0 Å². The fourth-order valence-corrected chi connectivity index (χ4v) is 12.8. The monoisotopic (exact) mass is 926 g/mol. The molecule has 1 aromatic heterocycles. The van der Waals surface area contributed by atoms with Gasteiger partial charge in [-0.05, 0) is 153 Å². The molecule has 0 radical (unpaired) electrons. The van der Waals surface area contributed by atoms with E-state index in [4.69, 9.17) is 0 Å². The number of hydrogen-bond donors (Lipinski definition) is 0. The Balaban J connectivity index is 1.16. The Morgan fingerprint density at radius 1 is 0.371 bits per heavy atom. The lowest BCUT2D eigenvalue weighted by atomic mass is 9.36. The Morgan fingerprint density at radius 2 is 0.871 bits per heavy atom. The normalized spacial score (nSPS) is 13.9. The lowest BCUT2D eigenvalue weighted by Gasteiger charge is -2.44. The van der Waals surface area contributed by atoms with Gasteiger partial charge in [-0.3, -0.25) is 0 Å². The Hall–Kier alpha value is -6.62. The minimum atomic E-state index is -0.0566. The molecule has 0 amide bonds. The van der Waals surface area contributed by atoms with E-state index in [1.807, 2.05) is 11.3 Å². The van der Waals surface area contributed by atoms with E-state index in [1.165, 1.54) is 126 Å². The van der Waals surface area contributed by atoms with Crippen LogP contribution in [0, 0.1) is 0 Å². The smallest absolute Gasteiger partial charge is 0.264 e. The number of anilines is 6. The van der Waals surface area contributed by atoms with E-state index < -0.39 is 0 Å². The van der Waals surface area contributed by atoms with Gasteiger partial charge in [0.05, 0.1) is 11.4 Å². The van der Waals surface area contributed by atoms with E-state index in [0.717, 1.165) is 0 Å². The van der Waals surface area contributed by atoms with E-state index in [-0.39, 0.29) is 28.4 Å². The van der Waals surface area contributed by atoms with Crippen LogP contribution in [0.1, 0.15) is 105 Å². The number of hydrogen-bond acceptors (Lipinski definition) is 3. The minimum Gasteiger partial charge on any atom is -0.311 e. The van der Waals surface area contributed by atoms with Gasteiger partial charge in [0.15, 0.2) is 0 Å². The van der Waals surface area contributed by atoms with Crippen molar-refractivity contribution in [3.8, 4) is 11.1 Å². The van der Waals surface area contributed by atoms with Crippen LogP contribution >= 0.6 is 11.3 Å². The van der Waals surface area contributed by atoms with E-state index in [9.17, 15) is 0 Å². The lowest BCUT2D eigenvalue weighted by molar-refractivity contribution is 0.590. The Morgan fingerprint density at radius 3 is 1.47 bits per heavy atom. The average Bonchev–Trinajstić information content (AvgIpc) is 3.71. The van der Waals surface area contributed by atoms with E-state index >= 15 is 0 Å². The summed E-state index contributed by atoms with van der Waals surface area (Å²) in [5.74, 6) is 0. The molecule has 0 spiro atoms. The second-order valence-corrected chi connectivity index (χ2v) is 25.3. The van der Waals surface area contributed by atoms with Crippen molar-refractivity contribution in [3.63, 3.8) is 0 Å². The maximum atomic E-state index is 2.62. The second kappa shape index (κ2) is 15.4. The number of fused-ring (bicyclic) bond motifs is 12. The summed E-state index contributed by atoms with van der Waals surface area (Å²) >= 11 is 1.98. The van der Waals surface area contributed by atoms with Gasteiger partial charge in [-0.25, -0.2) is 0 Å². The van der Waals surface area contributed by atoms with Crippen molar-refractivity contribution in [2.75, 3.05) is 9.80 Å². The first kappa shape index (κ1) is 44.6. The molecule has 70 heavy (non-hydrogen) atoms. The molecular weight excluding hydrogens is 864 g/mol. The summed E-state index contributed by atoms with van der Waals surface area (Å²) in [6.45, 7) is 28.0. The minimum absolute atomic E-state index is 0.00760. The van der Waals surface area contributed by atoms with Gasteiger partial charge in [0.2, 0.25) is 0 Å². The Kier molecular flexibility index (Phi) is 9.83. The zero-order valence-corrected chi connectivity index (χ0v) is 43.8. The molecule has 4 heteroatoms. The van der Waals surface area contributed by atoms with Crippen LogP contribution in [-0.2, 0) is 21.7 Å². The molecule has 2 nitrogen and oxygen atoms in total. The van der Waals surface area contributed by atoms with Crippen LogP contribution < -0.4 is 25.5 Å². The number of thiophene rings is 1. The third-order valence-corrected chi connectivity index (χ3v) is 16.7. The van der Waals surface area contributed by atoms with Gasteiger partial charge >= 0.3 is 0 Å². The van der Waals surface area contributed by atoms with Crippen LogP contribution in [0.4, 0.5) is 34.1 Å². The largest absolute Gasteiger partial charge is 0.311 e. The zero-order chi connectivity index (χ0) is 48.8. The molecule has 0 unspecified atom stereocenters. The van der Waals surface area contributed by atoms with Crippen LogP contribution in [0.15, 0.2) is 164 Å². The first-order valence-corrected chi connectivity index (χ1v) is 26.1. The highest BCUT2D eigenvalue weighted by atomic mass is 32.1. The highest BCUT2D eigenvalue weighted by molar-refractivity contribution is 7.33. The molecule has 0 aliphatic carbocycles. The molecule has 0 fully saturated rings. The van der Waals surface area contributed by atoms with Crippen LogP contribution in [0.3, 0.4) is 0 Å². The molecule has 0 saturated carbocycles. The Labute approximate surface area is 419 Å². The van der Waals surface area contributed by atoms with Crippen LogP contribution in [-0.4, -0.2) is 6.71 Å². The summed E-state index contributed by atoms with van der Waals surface area (Å²) in [5, 5.41) is 9.07. The van der Waals surface area contributed by atoms with E-state index in [2.05, 4.69) is 257 Å². The van der Waals surface area contributed by atoms with Gasteiger partial charge in [-0.2, -0.15) is 0 Å². The van der Waals surface area contributed by atoms with Gasteiger partial charge in [0, 0.05) is 43.2 Å². The highest BCUT2D eigenvalue weighted by Crippen LogP contribution is 2.51. The molecule has 3 heterocycles. The van der Waals surface area contributed by atoms with Crippen molar-refractivity contribution < 1.29 is 0 Å². The van der Waals surface area contributed by atoms with Crippen LogP contribution in [0.25, 0.3) is 53.5 Å². The fraction of sp³-hybridized carbons (Fsp3) is 0.242. The topological polar surface area (TPSA) is 6.48 Å². The fourth-order valence-electron chi connectivity index (χ4n) is 11.5. The quantitative estimate of drug-likeness (QED) is 0.129. The summed E-state index contributed by atoms with van der Waals surface area (Å²) in [6, 6.07) is 63.5. The van der Waals surface area contributed by atoms with Crippen molar-refractivity contribution in [1.82, 2.24) is 0 Å². The van der Waals surface area contributed by atoms with Gasteiger partial charge in [0.25, 0.3) is 6.71 Å². The molecule has 12 rings (SSSR count). The average molecular weight is 927 g/mol. The van der Waals surface area contributed by atoms with Crippen molar-refractivity contribution in [3.05, 3.63) is 186 Å². The summed E-state index contributed by atoms with van der Waals surface area (Å²) < 4.78 is 2.74. The predicted octanol–water partition coefficient (Wildman–Crippen LogP) is 17.3. The van der Waals surface area contributed by atoms with Crippen molar-refractivity contribution >= 4 is 110 Å². The molecule has 9 aromatic carbocycles. The standard InChI is InChI=1S/C66H63BN2S/c1-63(2,3)41-25-30-45(31-26-41)68-57-22-17-23-58-60(57)67(62-61(68)53-38-43(65(7,8)9)29-35-59(53)70-62)54-39-44(66(10,11)12)28-34-56(54)69(58)55-33-27-42(64(4,5)6)37-51(55)40-24-32-50-48-20-14-13-18-46(48)47-19-15-16-21-49(47)52(50)36-40/h13-39H,1-12H3. The van der Waals surface area contributed by atoms with Gasteiger partial charge in [-0.1, -0.05) is 186 Å². The summed E-state index contributed by atoms with van der Waals surface area (Å²) in [7, 11) is 0. The lowest BCUT2D eigenvalue weighted by Crippen LogP contribution is -2.60. The molecular formula is C66H63BN2S. The third-order valence-electron chi connectivity index (χ3n) is 15.5. The van der Waals surface area contributed by atoms with Crippen molar-refractivity contribution in [1.29, 1.82) is 0 Å². The molecule has 346 valence electrons. The first-order chi connectivity index (χ1) is 33.3. The molecule has 2 aliphatic rings. The van der Waals surface area contributed by atoms with Crippen molar-refractivity contribution in [2.24, 2.45) is 0 Å². The van der Waals surface area contributed by atoms with Crippen molar-refractivity contribution in [2.45, 2.75) is 105 Å². The number of nitrogens with zero attached hydrogens (tertiary/aromatic N) is 2. The molecule has 0 bridgehead atoms. The molecule has 2 aliphatic heterocycles. The zero-order valence-electron chi connectivity index (χ0n) is 43.0. The summed E-state index contributed by atoms with van der Waals surface area (Å²) in [5.41, 5.74) is 17.9. The van der Waals surface area contributed by atoms with E-state index in [0.29, 0.717) is 0 Å².